The molecule has 1 rings (SSSR count). The number of hydrogen-bond acceptors (Lipinski definition) is 2. The van der Waals surface area contributed by atoms with E-state index in [1.165, 1.54) is 6.07 Å². The van der Waals surface area contributed by atoms with Crippen LogP contribution in [-0.2, 0) is 5.41 Å². The molecule has 1 aromatic rings. The zero-order valence-electron chi connectivity index (χ0n) is 8.49. The summed E-state index contributed by atoms with van der Waals surface area (Å²) < 4.78 is 13.8. The first kappa shape index (κ1) is 11.3. The van der Waals surface area contributed by atoms with E-state index in [1.807, 2.05) is 20.8 Å². The predicted octanol–water partition coefficient (Wildman–Crippen LogP) is 3.05. The lowest BCUT2D eigenvalue weighted by Gasteiger charge is -2.24. The molecule has 0 saturated carbocycles. The van der Waals surface area contributed by atoms with E-state index >= 15 is 0 Å². The lowest BCUT2D eigenvalue weighted by Crippen LogP contribution is -2.17. The molecule has 0 aliphatic rings. The summed E-state index contributed by atoms with van der Waals surface area (Å²) in [6, 6.07) is 1.23. The molecule has 0 amide bonds. The van der Waals surface area contributed by atoms with E-state index in [2.05, 4.69) is 15.9 Å². The van der Waals surface area contributed by atoms with Crippen LogP contribution in [-0.4, -0.2) is 0 Å². The minimum Gasteiger partial charge on any atom is -0.397 e. The number of nitrogen functional groups attached to an aromatic ring is 2. The van der Waals surface area contributed by atoms with E-state index in [0.717, 1.165) is 5.56 Å². The van der Waals surface area contributed by atoms with Gasteiger partial charge in [0.15, 0.2) is 0 Å². The Hall–Kier alpha value is -0.770. The third kappa shape index (κ3) is 1.85. The predicted molar refractivity (Wildman–Crippen MR) is 61.6 cm³/mol. The minimum atomic E-state index is -0.373. The van der Waals surface area contributed by atoms with Crippen molar-refractivity contribution >= 4 is 27.3 Å². The highest BCUT2D eigenvalue weighted by molar-refractivity contribution is 9.10. The van der Waals surface area contributed by atoms with E-state index in [-0.39, 0.29) is 16.9 Å². The van der Waals surface area contributed by atoms with E-state index in [4.69, 9.17) is 11.5 Å². The smallest absolute Gasteiger partial charge is 0.139 e. The summed E-state index contributed by atoms with van der Waals surface area (Å²) in [5.41, 5.74) is 12.6. The Labute approximate surface area is 91.6 Å². The largest absolute Gasteiger partial charge is 0.397 e. The van der Waals surface area contributed by atoms with Gasteiger partial charge in [0.05, 0.1) is 15.8 Å². The van der Waals surface area contributed by atoms with Gasteiger partial charge in [-0.05, 0) is 26.9 Å². The molecule has 2 nitrogen and oxygen atoms in total. The fourth-order valence-electron chi connectivity index (χ4n) is 1.39. The molecular formula is C10H14BrFN2. The van der Waals surface area contributed by atoms with Gasteiger partial charge in [-0.2, -0.15) is 0 Å². The number of nitrogens with two attached hydrogens (primary N) is 2. The Balaban J connectivity index is 3.56. The normalized spacial score (nSPS) is 11.8. The molecule has 4 N–H and O–H groups in total. The van der Waals surface area contributed by atoms with Gasteiger partial charge >= 0.3 is 0 Å². The maximum atomic E-state index is 13.4. The Kier molecular flexibility index (Phi) is 2.76. The van der Waals surface area contributed by atoms with Crippen LogP contribution >= 0.6 is 15.9 Å². The summed E-state index contributed by atoms with van der Waals surface area (Å²) >= 11 is 3.19. The van der Waals surface area contributed by atoms with E-state index < -0.39 is 0 Å². The molecule has 78 valence electrons. The first-order valence-electron chi connectivity index (χ1n) is 4.28. The highest BCUT2D eigenvalue weighted by atomic mass is 79.9. The van der Waals surface area contributed by atoms with Crippen molar-refractivity contribution in [2.45, 2.75) is 26.2 Å². The SMILES string of the molecule is CC(C)(C)c1c(N)c(N)cc(F)c1Br. The van der Waals surface area contributed by atoms with Crippen LogP contribution in [0.15, 0.2) is 10.5 Å². The van der Waals surface area contributed by atoms with Crippen LogP contribution in [0.5, 0.6) is 0 Å². The molecule has 0 aliphatic heterocycles. The Morgan fingerprint density at radius 1 is 1.29 bits per heavy atom. The van der Waals surface area contributed by atoms with Gasteiger partial charge in [0.25, 0.3) is 0 Å². The average Bonchev–Trinajstić information content (AvgIpc) is 1.98. The summed E-state index contributed by atoms with van der Waals surface area (Å²) in [6.07, 6.45) is 0. The lowest BCUT2D eigenvalue weighted by molar-refractivity contribution is 0.568. The van der Waals surface area contributed by atoms with Gasteiger partial charge in [-0.25, -0.2) is 4.39 Å². The van der Waals surface area contributed by atoms with Crippen molar-refractivity contribution in [3.05, 3.63) is 21.9 Å². The lowest BCUT2D eigenvalue weighted by atomic mass is 9.85. The summed E-state index contributed by atoms with van der Waals surface area (Å²) in [6.45, 7) is 5.88. The molecule has 0 atom stereocenters. The fraction of sp³-hybridized carbons (Fsp3) is 0.400. The third-order valence-electron chi connectivity index (χ3n) is 2.04. The molecule has 0 aliphatic carbocycles. The van der Waals surface area contributed by atoms with Crippen molar-refractivity contribution in [2.75, 3.05) is 11.5 Å². The van der Waals surface area contributed by atoms with E-state index in [1.54, 1.807) is 0 Å². The topological polar surface area (TPSA) is 52.0 Å². The van der Waals surface area contributed by atoms with Crippen LogP contribution in [0, 0.1) is 5.82 Å². The number of halogens is 2. The minimum absolute atomic E-state index is 0.237. The van der Waals surface area contributed by atoms with Crippen LogP contribution in [0.4, 0.5) is 15.8 Å². The molecule has 0 bridgehead atoms. The second-order valence-electron chi connectivity index (χ2n) is 4.30. The van der Waals surface area contributed by atoms with Crippen molar-refractivity contribution in [3.63, 3.8) is 0 Å². The van der Waals surface area contributed by atoms with Crippen LogP contribution in [0.2, 0.25) is 0 Å². The van der Waals surface area contributed by atoms with Crippen LogP contribution in [0.25, 0.3) is 0 Å². The van der Waals surface area contributed by atoms with Gasteiger partial charge in [-0.3, -0.25) is 0 Å². The standard InChI is InChI=1S/C10H14BrFN2/c1-10(2,3)7-8(11)5(12)4-6(13)9(7)14/h4H,13-14H2,1-3H3. The number of anilines is 2. The number of rotatable bonds is 0. The highest BCUT2D eigenvalue weighted by Gasteiger charge is 2.23. The fourth-order valence-corrected chi connectivity index (χ4v) is 2.32. The van der Waals surface area contributed by atoms with Crippen LogP contribution in [0.1, 0.15) is 26.3 Å². The molecule has 0 spiro atoms. The van der Waals surface area contributed by atoms with Crippen LogP contribution in [0.3, 0.4) is 0 Å². The van der Waals surface area contributed by atoms with Crippen molar-refractivity contribution < 1.29 is 4.39 Å². The number of hydrogen-bond donors (Lipinski definition) is 2. The van der Waals surface area contributed by atoms with Crippen molar-refractivity contribution in [1.29, 1.82) is 0 Å². The molecule has 4 heteroatoms. The molecule has 0 aromatic heterocycles. The second kappa shape index (κ2) is 3.42. The van der Waals surface area contributed by atoms with Crippen LogP contribution < -0.4 is 11.5 Å². The molecule has 0 radical (unpaired) electrons. The van der Waals surface area contributed by atoms with Crippen molar-refractivity contribution in [1.82, 2.24) is 0 Å². The highest BCUT2D eigenvalue weighted by Crippen LogP contribution is 2.38. The van der Waals surface area contributed by atoms with Crippen molar-refractivity contribution in [2.24, 2.45) is 0 Å². The second-order valence-corrected chi connectivity index (χ2v) is 5.09. The summed E-state index contributed by atoms with van der Waals surface area (Å²) in [5, 5.41) is 0. The number of benzene rings is 1. The van der Waals surface area contributed by atoms with Gasteiger partial charge in [0.1, 0.15) is 5.82 Å². The summed E-state index contributed by atoms with van der Waals surface area (Å²) in [4.78, 5) is 0. The van der Waals surface area contributed by atoms with Crippen molar-refractivity contribution in [3.8, 4) is 0 Å². The molecule has 0 saturated heterocycles. The van der Waals surface area contributed by atoms with Gasteiger partial charge in [-0.15, -0.1) is 0 Å². The first-order chi connectivity index (χ1) is 6.25. The summed E-state index contributed by atoms with van der Waals surface area (Å²) in [5.74, 6) is -0.373. The maximum Gasteiger partial charge on any atom is 0.139 e. The molecule has 0 unspecified atom stereocenters. The molecule has 1 aromatic carbocycles. The average molecular weight is 261 g/mol. The third-order valence-corrected chi connectivity index (χ3v) is 2.82. The van der Waals surface area contributed by atoms with E-state index in [9.17, 15) is 4.39 Å². The summed E-state index contributed by atoms with van der Waals surface area (Å²) in [7, 11) is 0. The molecule has 14 heavy (non-hydrogen) atoms. The quantitative estimate of drug-likeness (QED) is 0.705. The molecular weight excluding hydrogens is 247 g/mol. The molecule has 0 heterocycles. The molecule has 0 fully saturated rings. The van der Waals surface area contributed by atoms with E-state index in [0.29, 0.717) is 10.2 Å². The Morgan fingerprint density at radius 3 is 2.21 bits per heavy atom. The van der Waals surface area contributed by atoms with Gasteiger partial charge < -0.3 is 11.5 Å². The van der Waals surface area contributed by atoms with Gasteiger partial charge in [0, 0.05) is 6.07 Å². The maximum absolute atomic E-state index is 13.4. The Morgan fingerprint density at radius 2 is 1.79 bits per heavy atom. The first-order valence-corrected chi connectivity index (χ1v) is 5.08. The zero-order valence-corrected chi connectivity index (χ0v) is 10.1. The Bertz CT molecular complexity index is 343. The monoisotopic (exact) mass is 260 g/mol. The van der Waals surface area contributed by atoms with Gasteiger partial charge in [0.2, 0.25) is 0 Å². The van der Waals surface area contributed by atoms with Gasteiger partial charge in [-0.1, -0.05) is 20.8 Å². The zero-order chi connectivity index (χ0) is 11.1.